The summed E-state index contributed by atoms with van der Waals surface area (Å²) in [6.07, 6.45) is 7.14. The number of rotatable bonds is 6. The third-order valence-corrected chi connectivity index (χ3v) is 9.46. The SMILES string of the molecule is C=CC[C@@H](O)[C@@]1(C)CC[C@@H]1CN1C[C@@]2(CCCc3cc(Cl)ccc32)COc2ccc(C(=O)OC(C)(C)C)cc21. The summed E-state index contributed by atoms with van der Waals surface area (Å²) in [7, 11) is 0. The highest BCUT2D eigenvalue weighted by Crippen LogP contribution is 2.52. The van der Waals surface area contributed by atoms with E-state index in [-0.39, 0.29) is 16.8 Å². The molecule has 1 heterocycles. The van der Waals surface area contributed by atoms with Gasteiger partial charge in [0, 0.05) is 23.5 Å². The van der Waals surface area contributed by atoms with Crippen molar-refractivity contribution in [1.29, 1.82) is 0 Å². The van der Waals surface area contributed by atoms with Crippen LogP contribution in [0.2, 0.25) is 5.02 Å². The van der Waals surface area contributed by atoms with E-state index in [1.54, 1.807) is 6.07 Å². The Kier molecular flexibility index (Phi) is 7.54. The van der Waals surface area contributed by atoms with Gasteiger partial charge in [-0.05, 0) is 112 Å². The molecule has 0 bridgehead atoms. The van der Waals surface area contributed by atoms with Crippen LogP contribution in [0.15, 0.2) is 49.1 Å². The molecule has 6 heteroatoms. The third-order valence-electron chi connectivity index (χ3n) is 9.23. The Labute approximate surface area is 238 Å². The lowest BCUT2D eigenvalue weighted by atomic mass is 9.57. The molecule has 0 radical (unpaired) electrons. The van der Waals surface area contributed by atoms with Crippen LogP contribution in [0.4, 0.5) is 5.69 Å². The molecule has 0 saturated heterocycles. The molecule has 2 aromatic carbocycles. The number of hydrogen-bond acceptors (Lipinski definition) is 5. The lowest BCUT2D eigenvalue weighted by Crippen LogP contribution is -2.53. The lowest BCUT2D eigenvalue weighted by molar-refractivity contribution is -0.0695. The second-order valence-electron chi connectivity index (χ2n) is 13.1. The van der Waals surface area contributed by atoms with Gasteiger partial charge in [0.15, 0.2) is 0 Å². The standard InChI is InChI=1S/C33H42ClNO4/c1-6-8-29(36)32(5)16-14-24(32)19-35-20-33(15-7-9-22-17-25(34)11-12-26(22)33)21-38-28-13-10-23(18-27(28)35)30(37)39-31(2,3)4/h6,10-13,17-18,24,29,36H,1,7-9,14-16,19-21H2,2-5H3/t24-,29-,32+,33+/m1/s1. The molecule has 210 valence electrons. The predicted molar refractivity (Wildman–Crippen MR) is 157 cm³/mol. The minimum atomic E-state index is -0.577. The predicted octanol–water partition coefficient (Wildman–Crippen LogP) is 7.12. The molecule has 1 saturated carbocycles. The highest BCUT2D eigenvalue weighted by molar-refractivity contribution is 6.30. The zero-order valence-electron chi connectivity index (χ0n) is 23.8. The number of aryl methyl sites for hydroxylation is 1. The van der Waals surface area contributed by atoms with E-state index in [4.69, 9.17) is 21.1 Å². The number of carbonyl (C=O) groups excluding carboxylic acids is 1. The van der Waals surface area contributed by atoms with Gasteiger partial charge in [0.25, 0.3) is 0 Å². The van der Waals surface area contributed by atoms with Gasteiger partial charge in [-0.15, -0.1) is 6.58 Å². The van der Waals surface area contributed by atoms with Gasteiger partial charge in [0.2, 0.25) is 0 Å². The van der Waals surface area contributed by atoms with Crippen molar-refractivity contribution in [2.24, 2.45) is 11.3 Å². The first-order chi connectivity index (χ1) is 18.4. The number of carbonyl (C=O) groups is 1. The van der Waals surface area contributed by atoms with Crippen LogP contribution >= 0.6 is 11.6 Å². The molecule has 0 aromatic heterocycles. The summed E-state index contributed by atoms with van der Waals surface area (Å²) < 4.78 is 12.3. The topological polar surface area (TPSA) is 59.0 Å². The maximum atomic E-state index is 13.0. The zero-order valence-corrected chi connectivity index (χ0v) is 24.5. The van der Waals surface area contributed by atoms with Crippen LogP contribution in [-0.2, 0) is 16.6 Å². The second-order valence-corrected chi connectivity index (χ2v) is 13.5. The number of fused-ring (bicyclic) bond motifs is 3. The summed E-state index contributed by atoms with van der Waals surface area (Å²) in [4.78, 5) is 15.5. The van der Waals surface area contributed by atoms with Crippen LogP contribution in [0, 0.1) is 11.3 Å². The molecule has 2 aromatic rings. The zero-order chi connectivity index (χ0) is 28.0. The number of aliphatic hydroxyl groups is 1. The normalized spacial score (nSPS) is 26.9. The Morgan fingerprint density at radius 2 is 2.08 bits per heavy atom. The minimum absolute atomic E-state index is 0.171. The number of esters is 1. The maximum absolute atomic E-state index is 13.0. The molecule has 1 N–H and O–H groups in total. The summed E-state index contributed by atoms with van der Waals surface area (Å²) in [5.74, 6) is 0.763. The van der Waals surface area contributed by atoms with Gasteiger partial charge in [-0.2, -0.15) is 0 Å². The van der Waals surface area contributed by atoms with E-state index in [2.05, 4.69) is 30.5 Å². The van der Waals surface area contributed by atoms with Crippen LogP contribution in [0.1, 0.15) is 81.3 Å². The Hall–Kier alpha value is -2.50. The van der Waals surface area contributed by atoms with E-state index in [1.807, 2.05) is 45.0 Å². The first-order valence-electron chi connectivity index (χ1n) is 14.3. The van der Waals surface area contributed by atoms with Crippen molar-refractivity contribution in [3.8, 4) is 5.75 Å². The molecule has 1 fully saturated rings. The number of ether oxygens (including phenoxy) is 2. The van der Waals surface area contributed by atoms with Gasteiger partial charge in [0.05, 0.1) is 24.0 Å². The Bertz CT molecular complexity index is 1250. The summed E-state index contributed by atoms with van der Waals surface area (Å²) >= 11 is 6.40. The second kappa shape index (κ2) is 10.5. The van der Waals surface area contributed by atoms with E-state index in [9.17, 15) is 9.90 Å². The maximum Gasteiger partial charge on any atom is 0.338 e. The quantitative estimate of drug-likeness (QED) is 0.306. The molecule has 3 aliphatic rings. The van der Waals surface area contributed by atoms with Gasteiger partial charge in [-0.1, -0.05) is 30.7 Å². The molecule has 1 aliphatic heterocycles. The molecule has 39 heavy (non-hydrogen) atoms. The Morgan fingerprint density at radius 3 is 2.77 bits per heavy atom. The lowest BCUT2D eigenvalue weighted by Gasteiger charge is -2.52. The molecular weight excluding hydrogens is 510 g/mol. The van der Waals surface area contributed by atoms with Crippen molar-refractivity contribution >= 4 is 23.3 Å². The van der Waals surface area contributed by atoms with Gasteiger partial charge >= 0.3 is 5.97 Å². The van der Waals surface area contributed by atoms with E-state index in [1.165, 1.54) is 11.1 Å². The van der Waals surface area contributed by atoms with Crippen molar-refractivity contribution in [3.05, 3.63) is 70.8 Å². The van der Waals surface area contributed by atoms with Crippen LogP contribution in [0.5, 0.6) is 5.75 Å². The van der Waals surface area contributed by atoms with Crippen LogP contribution in [0.25, 0.3) is 0 Å². The molecule has 1 spiro atoms. The van der Waals surface area contributed by atoms with Crippen molar-refractivity contribution in [2.75, 3.05) is 24.6 Å². The van der Waals surface area contributed by atoms with Gasteiger partial charge in [0.1, 0.15) is 11.4 Å². The summed E-state index contributed by atoms with van der Waals surface area (Å²) in [5, 5.41) is 11.8. The Morgan fingerprint density at radius 1 is 1.28 bits per heavy atom. The van der Waals surface area contributed by atoms with E-state index < -0.39 is 11.7 Å². The fourth-order valence-electron chi connectivity index (χ4n) is 6.81. The number of anilines is 1. The average molecular weight is 552 g/mol. The molecule has 2 aliphatic carbocycles. The van der Waals surface area contributed by atoms with Crippen LogP contribution in [0.3, 0.4) is 0 Å². The summed E-state index contributed by atoms with van der Waals surface area (Å²) in [6, 6.07) is 11.9. The number of benzene rings is 2. The molecule has 5 rings (SSSR count). The van der Waals surface area contributed by atoms with Gasteiger partial charge < -0.3 is 19.5 Å². The first-order valence-corrected chi connectivity index (χ1v) is 14.6. The number of aliphatic hydroxyl groups excluding tert-OH is 1. The van der Waals surface area contributed by atoms with Crippen molar-refractivity contribution in [2.45, 2.75) is 83.3 Å². The van der Waals surface area contributed by atoms with Gasteiger partial charge in [-0.3, -0.25) is 0 Å². The fraction of sp³-hybridized carbons (Fsp3) is 0.545. The number of halogens is 1. The largest absolute Gasteiger partial charge is 0.490 e. The summed E-state index contributed by atoms with van der Waals surface area (Å²) in [5.41, 5.74) is 3.11. The van der Waals surface area contributed by atoms with Crippen molar-refractivity contribution in [1.82, 2.24) is 0 Å². The minimum Gasteiger partial charge on any atom is -0.490 e. The smallest absolute Gasteiger partial charge is 0.338 e. The van der Waals surface area contributed by atoms with E-state index in [0.29, 0.717) is 24.5 Å². The van der Waals surface area contributed by atoms with E-state index >= 15 is 0 Å². The third kappa shape index (κ3) is 5.45. The average Bonchev–Trinajstić information content (AvgIpc) is 3.02. The first kappa shape index (κ1) is 28.0. The molecule has 0 unspecified atom stereocenters. The molecular formula is C33H42ClNO4. The highest BCUT2D eigenvalue weighted by atomic mass is 35.5. The molecule has 5 nitrogen and oxygen atoms in total. The summed E-state index contributed by atoms with van der Waals surface area (Å²) in [6.45, 7) is 13.8. The number of hydrogen-bond donors (Lipinski definition) is 1. The van der Waals surface area contributed by atoms with Crippen LogP contribution < -0.4 is 9.64 Å². The fourth-order valence-corrected chi connectivity index (χ4v) is 7.01. The van der Waals surface area contributed by atoms with Gasteiger partial charge in [-0.25, -0.2) is 4.79 Å². The Balaban J connectivity index is 1.54. The van der Waals surface area contributed by atoms with Crippen molar-refractivity contribution < 1.29 is 19.4 Å². The number of nitrogens with zero attached hydrogens (tertiary/aromatic N) is 1. The van der Waals surface area contributed by atoms with Crippen LogP contribution in [-0.4, -0.2) is 42.5 Å². The van der Waals surface area contributed by atoms with E-state index in [0.717, 1.165) is 61.7 Å². The monoisotopic (exact) mass is 551 g/mol. The molecule has 0 amide bonds. The highest BCUT2D eigenvalue weighted by Gasteiger charge is 2.49. The van der Waals surface area contributed by atoms with Crippen molar-refractivity contribution in [3.63, 3.8) is 0 Å². The molecule has 4 atom stereocenters.